The van der Waals surface area contributed by atoms with E-state index in [1.807, 2.05) is 9.80 Å². The van der Waals surface area contributed by atoms with Crippen LogP contribution in [0.25, 0.3) is 0 Å². The number of benzene rings is 1. The zero-order valence-electron chi connectivity index (χ0n) is 17.1. The van der Waals surface area contributed by atoms with Gasteiger partial charge in [0.1, 0.15) is 0 Å². The largest absolute Gasteiger partial charge is 0.358 e. The van der Waals surface area contributed by atoms with Crippen LogP contribution >= 0.6 is 0 Å². The first-order valence-corrected chi connectivity index (χ1v) is 10.2. The van der Waals surface area contributed by atoms with Crippen LogP contribution < -0.4 is 5.32 Å². The van der Waals surface area contributed by atoms with Crippen molar-refractivity contribution in [2.75, 3.05) is 26.7 Å². The maximum atomic E-state index is 13.0. The molecule has 5 heteroatoms. The Morgan fingerprint density at radius 3 is 2.37 bits per heavy atom. The molecule has 2 fully saturated rings. The van der Waals surface area contributed by atoms with Crippen molar-refractivity contribution in [1.29, 1.82) is 0 Å². The van der Waals surface area contributed by atoms with Crippen LogP contribution in [0.15, 0.2) is 24.3 Å². The summed E-state index contributed by atoms with van der Waals surface area (Å²) in [7, 11) is 1.67. The van der Waals surface area contributed by atoms with E-state index in [4.69, 9.17) is 0 Å². The highest BCUT2D eigenvalue weighted by Gasteiger charge is 2.35. The molecule has 2 aliphatic heterocycles. The van der Waals surface area contributed by atoms with Gasteiger partial charge < -0.3 is 10.2 Å². The zero-order valence-corrected chi connectivity index (χ0v) is 17.1. The molecule has 2 saturated heterocycles. The van der Waals surface area contributed by atoms with E-state index in [0.29, 0.717) is 6.54 Å². The Morgan fingerprint density at radius 2 is 1.74 bits per heavy atom. The zero-order chi connectivity index (χ0) is 19.6. The van der Waals surface area contributed by atoms with E-state index in [0.717, 1.165) is 38.8 Å². The van der Waals surface area contributed by atoms with Gasteiger partial charge in [-0.25, -0.2) is 0 Å². The first-order valence-electron chi connectivity index (χ1n) is 10.2. The van der Waals surface area contributed by atoms with Crippen LogP contribution in [0.1, 0.15) is 63.6 Å². The van der Waals surface area contributed by atoms with Crippen LogP contribution in [0, 0.1) is 0 Å². The van der Waals surface area contributed by atoms with Gasteiger partial charge in [-0.05, 0) is 48.8 Å². The number of likely N-dealkylation sites (tertiary alicyclic amines) is 2. The van der Waals surface area contributed by atoms with Crippen molar-refractivity contribution in [3.63, 3.8) is 0 Å². The minimum absolute atomic E-state index is 0.0241. The average molecular weight is 372 g/mol. The molecular formula is C22H33N3O2. The molecule has 2 amide bonds. The maximum Gasteiger partial charge on any atom is 0.237 e. The topological polar surface area (TPSA) is 52.7 Å². The predicted molar refractivity (Wildman–Crippen MR) is 107 cm³/mol. The highest BCUT2D eigenvalue weighted by atomic mass is 16.2. The number of likely N-dealkylation sites (N-methyl/N-ethyl adjacent to an activating group) is 1. The molecule has 0 saturated carbocycles. The molecule has 0 spiro atoms. The number of hydrogen-bond donors (Lipinski definition) is 1. The van der Waals surface area contributed by atoms with Gasteiger partial charge in [-0.3, -0.25) is 14.5 Å². The number of nitrogens with zero attached hydrogens (tertiary/aromatic N) is 2. The molecule has 2 unspecified atom stereocenters. The van der Waals surface area contributed by atoms with Gasteiger partial charge in [-0.2, -0.15) is 0 Å². The molecule has 1 N–H and O–H groups in total. The van der Waals surface area contributed by atoms with Crippen molar-refractivity contribution in [3.05, 3.63) is 35.4 Å². The molecular weight excluding hydrogens is 338 g/mol. The fraction of sp³-hybridized carbons (Fsp3) is 0.636. The van der Waals surface area contributed by atoms with E-state index in [1.165, 1.54) is 11.1 Å². The molecule has 2 heterocycles. The first-order chi connectivity index (χ1) is 12.8. The molecule has 1 aromatic rings. The maximum absolute atomic E-state index is 13.0. The third-order valence-electron chi connectivity index (χ3n) is 5.99. The molecule has 2 atom stereocenters. The predicted octanol–water partition coefficient (Wildman–Crippen LogP) is 2.86. The fourth-order valence-electron chi connectivity index (χ4n) is 4.36. The van der Waals surface area contributed by atoms with Crippen LogP contribution in [0.2, 0.25) is 0 Å². The number of nitrogens with one attached hydrogen (secondary N) is 1. The highest BCUT2D eigenvalue weighted by Crippen LogP contribution is 2.33. The smallest absolute Gasteiger partial charge is 0.237 e. The Labute approximate surface area is 163 Å². The van der Waals surface area contributed by atoms with Gasteiger partial charge in [0.2, 0.25) is 11.8 Å². The van der Waals surface area contributed by atoms with Crippen LogP contribution in [0.5, 0.6) is 0 Å². The van der Waals surface area contributed by atoms with E-state index >= 15 is 0 Å². The van der Waals surface area contributed by atoms with E-state index in [9.17, 15) is 9.59 Å². The second-order valence-electron chi connectivity index (χ2n) is 8.86. The van der Waals surface area contributed by atoms with Gasteiger partial charge in [0.05, 0.1) is 18.6 Å². The fourth-order valence-corrected chi connectivity index (χ4v) is 4.36. The highest BCUT2D eigenvalue weighted by molar-refractivity contribution is 5.84. The molecule has 0 bridgehead atoms. The Hall–Kier alpha value is -1.88. The van der Waals surface area contributed by atoms with Gasteiger partial charge in [-0.15, -0.1) is 0 Å². The molecule has 27 heavy (non-hydrogen) atoms. The second-order valence-corrected chi connectivity index (χ2v) is 8.86. The Kier molecular flexibility index (Phi) is 5.89. The number of amides is 2. The number of hydrogen-bond acceptors (Lipinski definition) is 3. The van der Waals surface area contributed by atoms with Gasteiger partial charge in [0, 0.05) is 13.6 Å². The lowest BCUT2D eigenvalue weighted by molar-refractivity contribution is -0.134. The monoisotopic (exact) mass is 371 g/mol. The van der Waals surface area contributed by atoms with Gasteiger partial charge in [0.15, 0.2) is 0 Å². The Balaban J connectivity index is 1.68. The molecule has 2 aliphatic rings. The molecule has 5 nitrogen and oxygen atoms in total. The summed E-state index contributed by atoms with van der Waals surface area (Å²) in [4.78, 5) is 29.1. The molecule has 0 radical (unpaired) electrons. The van der Waals surface area contributed by atoms with Gasteiger partial charge in [0.25, 0.3) is 0 Å². The lowest BCUT2D eigenvalue weighted by atomic mass is 9.86. The molecule has 0 aromatic heterocycles. The summed E-state index contributed by atoms with van der Waals surface area (Å²) in [6, 6.07) is 8.75. The van der Waals surface area contributed by atoms with E-state index in [2.05, 4.69) is 50.4 Å². The van der Waals surface area contributed by atoms with E-state index < -0.39 is 0 Å². The average Bonchev–Trinajstić information content (AvgIpc) is 3.29. The van der Waals surface area contributed by atoms with Gasteiger partial charge >= 0.3 is 0 Å². The summed E-state index contributed by atoms with van der Waals surface area (Å²) in [5.74, 6) is 0.171. The van der Waals surface area contributed by atoms with E-state index in [-0.39, 0.29) is 29.3 Å². The normalized spacial score (nSPS) is 23.6. The lowest BCUT2D eigenvalue weighted by Crippen LogP contribution is -2.47. The third kappa shape index (κ3) is 4.34. The lowest BCUT2D eigenvalue weighted by Gasteiger charge is -2.29. The van der Waals surface area contributed by atoms with Crippen molar-refractivity contribution < 1.29 is 9.59 Å². The third-order valence-corrected chi connectivity index (χ3v) is 5.99. The minimum atomic E-state index is -0.161. The van der Waals surface area contributed by atoms with Crippen LogP contribution in [0.3, 0.4) is 0 Å². The number of carbonyl (C=O) groups is 2. The molecule has 3 rings (SSSR count). The van der Waals surface area contributed by atoms with Crippen LogP contribution in [0.4, 0.5) is 0 Å². The minimum Gasteiger partial charge on any atom is -0.358 e. The van der Waals surface area contributed by atoms with Crippen LogP contribution in [-0.2, 0) is 15.0 Å². The van der Waals surface area contributed by atoms with Crippen LogP contribution in [-0.4, -0.2) is 54.3 Å². The van der Waals surface area contributed by atoms with Crippen molar-refractivity contribution >= 4 is 11.8 Å². The van der Waals surface area contributed by atoms with Crippen molar-refractivity contribution in [3.8, 4) is 0 Å². The summed E-state index contributed by atoms with van der Waals surface area (Å²) in [5.41, 5.74) is 2.67. The van der Waals surface area contributed by atoms with Crippen molar-refractivity contribution in [2.45, 2.75) is 64.0 Å². The Bertz CT molecular complexity index is 678. The summed E-state index contributed by atoms with van der Waals surface area (Å²) in [5, 5.41) is 2.73. The summed E-state index contributed by atoms with van der Waals surface area (Å²) in [6.45, 7) is 8.62. The summed E-state index contributed by atoms with van der Waals surface area (Å²) < 4.78 is 0. The van der Waals surface area contributed by atoms with Crippen molar-refractivity contribution in [2.24, 2.45) is 0 Å². The molecule has 1 aromatic carbocycles. The standard InChI is InChI=1S/C22H33N3O2/c1-22(2,3)17-11-9-16(10-12-17)18-7-6-14-25(18)20(26)15-24-13-5-8-19(24)21(27)23-4/h9-12,18-19H,5-8,13-15H2,1-4H3,(H,23,27). The summed E-state index contributed by atoms with van der Waals surface area (Å²) in [6.07, 6.45) is 3.86. The van der Waals surface area contributed by atoms with E-state index in [1.54, 1.807) is 7.05 Å². The first kappa shape index (κ1) is 19.9. The second kappa shape index (κ2) is 8.01. The molecule has 148 valence electrons. The SMILES string of the molecule is CNC(=O)C1CCCN1CC(=O)N1CCCC1c1ccc(C(C)(C)C)cc1. The number of carbonyl (C=O) groups excluding carboxylic acids is 2. The quantitative estimate of drug-likeness (QED) is 0.885. The Morgan fingerprint density at radius 1 is 1.07 bits per heavy atom. The van der Waals surface area contributed by atoms with Crippen molar-refractivity contribution in [1.82, 2.24) is 15.1 Å². The molecule has 0 aliphatic carbocycles. The number of rotatable bonds is 4. The van der Waals surface area contributed by atoms with Gasteiger partial charge in [-0.1, -0.05) is 45.0 Å². The summed E-state index contributed by atoms with van der Waals surface area (Å²) >= 11 is 0.